The van der Waals surface area contributed by atoms with Crippen LogP contribution in [0.5, 0.6) is 0 Å². The summed E-state index contributed by atoms with van der Waals surface area (Å²) < 4.78 is 22.5. The van der Waals surface area contributed by atoms with Gasteiger partial charge in [-0.25, -0.2) is 13.4 Å². The molecule has 1 saturated heterocycles. The summed E-state index contributed by atoms with van der Waals surface area (Å²) in [6, 6.07) is 2.88. The van der Waals surface area contributed by atoms with Crippen LogP contribution < -0.4 is 5.32 Å². The maximum Gasteiger partial charge on any atom is 0.287 e. The van der Waals surface area contributed by atoms with Gasteiger partial charge in [-0.2, -0.15) is 0 Å². The highest BCUT2D eigenvalue weighted by atomic mass is 32.2. The normalized spacial score (nSPS) is 21.7. The number of aromatic nitrogens is 1. The average molecular weight is 271 g/mol. The molecular weight excluding hydrogens is 258 g/mol. The smallest absolute Gasteiger partial charge is 0.287 e. The van der Waals surface area contributed by atoms with Gasteiger partial charge in [0.2, 0.25) is 0 Å². The summed E-state index contributed by atoms with van der Waals surface area (Å²) in [5.41, 5.74) is -0.0657. The van der Waals surface area contributed by atoms with Crippen molar-refractivity contribution in [2.75, 3.05) is 23.4 Å². The van der Waals surface area contributed by atoms with Crippen LogP contribution in [0.2, 0.25) is 0 Å². The van der Waals surface area contributed by atoms with Crippen molar-refractivity contribution in [3.63, 3.8) is 0 Å². The first kappa shape index (κ1) is 12.7. The molecule has 1 unspecified atom stereocenters. The van der Waals surface area contributed by atoms with E-state index in [1.165, 1.54) is 18.3 Å². The van der Waals surface area contributed by atoms with Crippen molar-refractivity contribution in [3.05, 3.63) is 28.4 Å². The highest BCUT2D eigenvalue weighted by Crippen LogP contribution is 2.19. The molecule has 0 spiro atoms. The molecule has 1 aliphatic heterocycles. The number of hydrogen-bond donors (Lipinski definition) is 1. The Morgan fingerprint density at radius 2 is 2.28 bits per heavy atom. The predicted molar refractivity (Wildman–Crippen MR) is 66.1 cm³/mol. The SMILES string of the molecule is O=[N+]([O-])c1ccc(NCC2CCS(=O)(=O)C2)nc1. The zero-order valence-corrected chi connectivity index (χ0v) is 10.4. The van der Waals surface area contributed by atoms with Crippen LogP contribution in [0.1, 0.15) is 6.42 Å². The first-order chi connectivity index (χ1) is 8.46. The van der Waals surface area contributed by atoms with Crippen LogP contribution in [0.3, 0.4) is 0 Å². The van der Waals surface area contributed by atoms with Crippen LogP contribution in [-0.2, 0) is 9.84 Å². The molecule has 1 aromatic heterocycles. The number of sulfone groups is 1. The van der Waals surface area contributed by atoms with E-state index < -0.39 is 14.8 Å². The Kier molecular flexibility index (Phi) is 3.46. The molecule has 0 radical (unpaired) electrons. The van der Waals surface area contributed by atoms with Crippen LogP contribution in [0.25, 0.3) is 0 Å². The number of nitro groups is 1. The van der Waals surface area contributed by atoms with Crippen molar-refractivity contribution in [1.82, 2.24) is 4.98 Å². The summed E-state index contributed by atoms with van der Waals surface area (Å²) in [5, 5.41) is 13.4. The van der Waals surface area contributed by atoms with Crippen LogP contribution in [-0.4, -0.2) is 36.4 Å². The second-order valence-corrected chi connectivity index (χ2v) is 6.54. The Balaban J connectivity index is 1.89. The molecule has 18 heavy (non-hydrogen) atoms. The van der Waals surface area contributed by atoms with Gasteiger partial charge in [-0.05, 0) is 18.4 Å². The zero-order valence-electron chi connectivity index (χ0n) is 9.57. The third-order valence-electron chi connectivity index (χ3n) is 2.86. The number of rotatable bonds is 4. The third kappa shape index (κ3) is 3.16. The van der Waals surface area contributed by atoms with Crippen LogP contribution >= 0.6 is 0 Å². The second-order valence-electron chi connectivity index (χ2n) is 4.31. The highest BCUT2D eigenvalue weighted by molar-refractivity contribution is 7.91. The minimum absolute atomic E-state index is 0.0657. The predicted octanol–water partition coefficient (Wildman–Crippen LogP) is 0.836. The molecule has 0 aromatic carbocycles. The fourth-order valence-corrected chi connectivity index (χ4v) is 3.74. The Morgan fingerprint density at radius 1 is 1.50 bits per heavy atom. The minimum atomic E-state index is -2.87. The minimum Gasteiger partial charge on any atom is -0.370 e. The van der Waals surface area contributed by atoms with Crippen molar-refractivity contribution < 1.29 is 13.3 Å². The van der Waals surface area contributed by atoms with E-state index in [0.717, 1.165) is 0 Å². The monoisotopic (exact) mass is 271 g/mol. The summed E-state index contributed by atoms with van der Waals surface area (Å²) in [7, 11) is -2.87. The molecule has 1 aromatic rings. The van der Waals surface area contributed by atoms with Gasteiger partial charge in [0.05, 0.1) is 16.4 Å². The van der Waals surface area contributed by atoms with Crippen molar-refractivity contribution in [3.8, 4) is 0 Å². The lowest BCUT2D eigenvalue weighted by Gasteiger charge is -2.09. The Labute approximate surface area is 104 Å². The van der Waals surface area contributed by atoms with Crippen LogP contribution in [0.15, 0.2) is 18.3 Å². The molecule has 0 bridgehead atoms. The van der Waals surface area contributed by atoms with Gasteiger partial charge in [-0.3, -0.25) is 10.1 Å². The standard InChI is InChI=1S/C10H13N3O4S/c14-13(15)9-1-2-10(12-6-9)11-5-8-3-4-18(16,17)7-8/h1-2,6,8H,3-5,7H2,(H,11,12). The number of hydrogen-bond acceptors (Lipinski definition) is 6. The van der Waals surface area contributed by atoms with Gasteiger partial charge in [-0.1, -0.05) is 0 Å². The molecule has 2 heterocycles. The summed E-state index contributed by atoms with van der Waals surface area (Å²) in [6.45, 7) is 0.518. The van der Waals surface area contributed by atoms with Gasteiger partial charge in [0.1, 0.15) is 12.0 Å². The third-order valence-corrected chi connectivity index (χ3v) is 4.69. The number of nitrogens with one attached hydrogen (secondary N) is 1. The molecule has 1 fully saturated rings. The number of nitrogens with zero attached hydrogens (tertiary/aromatic N) is 2. The van der Waals surface area contributed by atoms with Gasteiger partial charge >= 0.3 is 0 Å². The largest absolute Gasteiger partial charge is 0.370 e. The molecule has 1 N–H and O–H groups in total. The number of anilines is 1. The van der Waals surface area contributed by atoms with E-state index in [2.05, 4.69) is 10.3 Å². The van der Waals surface area contributed by atoms with Crippen LogP contribution in [0, 0.1) is 16.0 Å². The number of pyridine rings is 1. The molecule has 2 rings (SSSR count). The summed E-state index contributed by atoms with van der Waals surface area (Å²) in [4.78, 5) is 13.8. The lowest BCUT2D eigenvalue weighted by molar-refractivity contribution is -0.385. The zero-order chi connectivity index (χ0) is 13.2. The van der Waals surface area contributed by atoms with Crippen molar-refractivity contribution >= 4 is 21.3 Å². The van der Waals surface area contributed by atoms with Gasteiger partial charge < -0.3 is 5.32 Å². The maximum atomic E-state index is 11.3. The Hall–Kier alpha value is -1.70. The lowest BCUT2D eigenvalue weighted by atomic mass is 10.1. The topological polar surface area (TPSA) is 102 Å². The lowest BCUT2D eigenvalue weighted by Crippen LogP contribution is -2.16. The van der Waals surface area contributed by atoms with E-state index in [4.69, 9.17) is 0 Å². The van der Waals surface area contributed by atoms with E-state index in [1.807, 2.05) is 0 Å². The van der Waals surface area contributed by atoms with E-state index in [0.29, 0.717) is 18.8 Å². The quantitative estimate of drug-likeness (QED) is 0.643. The molecule has 0 amide bonds. The van der Waals surface area contributed by atoms with E-state index >= 15 is 0 Å². The van der Waals surface area contributed by atoms with Gasteiger partial charge in [0.25, 0.3) is 5.69 Å². The molecule has 0 saturated carbocycles. The molecule has 1 atom stereocenters. The van der Waals surface area contributed by atoms with E-state index in [-0.39, 0.29) is 23.1 Å². The maximum absolute atomic E-state index is 11.3. The highest BCUT2D eigenvalue weighted by Gasteiger charge is 2.27. The van der Waals surface area contributed by atoms with E-state index in [1.54, 1.807) is 0 Å². The average Bonchev–Trinajstić information content (AvgIpc) is 2.67. The van der Waals surface area contributed by atoms with Crippen molar-refractivity contribution in [1.29, 1.82) is 0 Å². The molecule has 8 heteroatoms. The fraction of sp³-hybridized carbons (Fsp3) is 0.500. The first-order valence-electron chi connectivity index (χ1n) is 5.51. The van der Waals surface area contributed by atoms with E-state index in [9.17, 15) is 18.5 Å². The van der Waals surface area contributed by atoms with Crippen LogP contribution in [0.4, 0.5) is 11.5 Å². The first-order valence-corrected chi connectivity index (χ1v) is 7.33. The Bertz CT molecular complexity index is 541. The molecule has 98 valence electrons. The molecule has 1 aliphatic rings. The van der Waals surface area contributed by atoms with Gasteiger partial charge in [0, 0.05) is 12.6 Å². The van der Waals surface area contributed by atoms with Crippen molar-refractivity contribution in [2.24, 2.45) is 5.92 Å². The molecule has 0 aliphatic carbocycles. The van der Waals surface area contributed by atoms with Gasteiger partial charge in [-0.15, -0.1) is 0 Å². The summed E-state index contributed by atoms with van der Waals surface area (Å²) in [5.74, 6) is 1.05. The Morgan fingerprint density at radius 3 is 2.78 bits per heavy atom. The summed E-state index contributed by atoms with van der Waals surface area (Å²) in [6.07, 6.45) is 1.83. The fourth-order valence-electron chi connectivity index (χ4n) is 1.88. The van der Waals surface area contributed by atoms with Gasteiger partial charge in [0.15, 0.2) is 9.84 Å². The molecule has 7 nitrogen and oxygen atoms in total. The summed E-state index contributed by atoms with van der Waals surface area (Å²) >= 11 is 0. The second kappa shape index (κ2) is 4.89. The molecular formula is C10H13N3O4S. The van der Waals surface area contributed by atoms with Crippen molar-refractivity contribution in [2.45, 2.75) is 6.42 Å².